The summed E-state index contributed by atoms with van der Waals surface area (Å²) < 4.78 is 5.57. The summed E-state index contributed by atoms with van der Waals surface area (Å²) in [5.74, 6) is 0.791. The third-order valence-corrected chi connectivity index (χ3v) is 3.32. The molecule has 1 aromatic rings. The Bertz CT molecular complexity index is 404. The second-order valence-corrected chi connectivity index (χ2v) is 4.95. The van der Waals surface area contributed by atoms with E-state index in [2.05, 4.69) is 5.32 Å². The fourth-order valence-electron chi connectivity index (χ4n) is 1.92. The standard InChI is InChI=1S/C11H11Cl2NO/c12-6-3-8-10(14-7-1-2-7)5-15-11(8)9(13)4-6/h3-4,7,10,14H,1-2,5H2. The van der Waals surface area contributed by atoms with Crippen molar-refractivity contribution in [2.24, 2.45) is 0 Å². The summed E-state index contributed by atoms with van der Waals surface area (Å²) in [6.07, 6.45) is 2.53. The minimum atomic E-state index is 0.253. The van der Waals surface area contributed by atoms with Crippen molar-refractivity contribution in [3.63, 3.8) is 0 Å². The molecule has 0 radical (unpaired) electrons. The summed E-state index contributed by atoms with van der Waals surface area (Å²) in [4.78, 5) is 0. The molecule has 0 bridgehead atoms. The van der Waals surface area contributed by atoms with Crippen LogP contribution in [-0.2, 0) is 0 Å². The highest BCUT2D eigenvalue weighted by Crippen LogP contribution is 2.41. The van der Waals surface area contributed by atoms with E-state index in [4.69, 9.17) is 27.9 Å². The molecule has 1 N–H and O–H groups in total. The van der Waals surface area contributed by atoms with Gasteiger partial charge in [-0.05, 0) is 25.0 Å². The molecule has 2 nitrogen and oxygen atoms in total. The second kappa shape index (κ2) is 3.55. The van der Waals surface area contributed by atoms with E-state index in [1.165, 1.54) is 12.8 Å². The van der Waals surface area contributed by atoms with E-state index >= 15 is 0 Å². The van der Waals surface area contributed by atoms with E-state index in [1.807, 2.05) is 6.07 Å². The summed E-state index contributed by atoms with van der Waals surface area (Å²) in [6, 6.07) is 4.57. The van der Waals surface area contributed by atoms with Crippen molar-refractivity contribution in [2.45, 2.75) is 24.9 Å². The summed E-state index contributed by atoms with van der Waals surface area (Å²) in [7, 11) is 0. The van der Waals surface area contributed by atoms with Crippen molar-refractivity contribution < 1.29 is 4.74 Å². The van der Waals surface area contributed by atoms with Gasteiger partial charge in [0.1, 0.15) is 12.4 Å². The molecule has 80 valence electrons. The highest BCUT2D eigenvalue weighted by atomic mass is 35.5. The van der Waals surface area contributed by atoms with Gasteiger partial charge in [-0.25, -0.2) is 0 Å². The highest BCUT2D eigenvalue weighted by molar-refractivity contribution is 6.35. The fourth-order valence-corrected chi connectivity index (χ4v) is 2.48. The van der Waals surface area contributed by atoms with E-state index in [0.29, 0.717) is 22.7 Å². The number of hydrogen-bond donors (Lipinski definition) is 1. The van der Waals surface area contributed by atoms with Gasteiger partial charge in [0.25, 0.3) is 0 Å². The maximum absolute atomic E-state index is 6.06. The molecule has 1 aliphatic carbocycles. The van der Waals surface area contributed by atoms with Gasteiger partial charge in [-0.3, -0.25) is 0 Å². The third kappa shape index (κ3) is 1.82. The van der Waals surface area contributed by atoms with Gasteiger partial charge in [-0.1, -0.05) is 23.2 Å². The largest absolute Gasteiger partial charge is 0.490 e. The van der Waals surface area contributed by atoms with Gasteiger partial charge in [0, 0.05) is 16.6 Å². The Labute approximate surface area is 98.5 Å². The van der Waals surface area contributed by atoms with Crippen LogP contribution in [0.4, 0.5) is 0 Å². The molecule has 0 saturated heterocycles. The number of ether oxygens (including phenoxy) is 1. The quantitative estimate of drug-likeness (QED) is 0.862. The predicted octanol–water partition coefficient (Wildman–Crippen LogP) is 3.18. The van der Waals surface area contributed by atoms with E-state index < -0.39 is 0 Å². The molecule has 2 aliphatic rings. The van der Waals surface area contributed by atoms with Crippen LogP contribution < -0.4 is 10.1 Å². The fraction of sp³-hybridized carbons (Fsp3) is 0.455. The summed E-state index contributed by atoms with van der Waals surface area (Å²) in [5, 5.41) is 4.80. The minimum Gasteiger partial charge on any atom is -0.490 e. The van der Waals surface area contributed by atoms with Crippen molar-refractivity contribution in [2.75, 3.05) is 6.61 Å². The Kier molecular flexibility index (Phi) is 2.31. The molecule has 1 atom stereocenters. The number of hydrogen-bond acceptors (Lipinski definition) is 2. The van der Waals surface area contributed by atoms with Gasteiger partial charge in [-0.15, -0.1) is 0 Å². The van der Waals surface area contributed by atoms with Crippen molar-refractivity contribution >= 4 is 23.2 Å². The first-order valence-electron chi connectivity index (χ1n) is 5.12. The Morgan fingerprint density at radius 2 is 2.07 bits per heavy atom. The van der Waals surface area contributed by atoms with Crippen LogP contribution in [0.15, 0.2) is 12.1 Å². The van der Waals surface area contributed by atoms with Gasteiger partial charge in [0.05, 0.1) is 11.1 Å². The third-order valence-electron chi connectivity index (χ3n) is 2.82. The number of fused-ring (bicyclic) bond motifs is 1. The first kappa shape index (κ1) is 9.76. The zero-order chi connectivity index (χ0) is 10.4. The van der Waals surface area contributed by atoms with Crippen LogP contribution in [0.5, 0.6) is 5.75 Å². The molecule has 1 heterocycles. The van der Waals surface area contributed by atoms with Crippen LogP contribution in [0, 0.1) is 0 Å². The molecule has 0 spiro atoms. The summed E-state index contributed by atoms with van der Waals surface area (Å²) >= 11 is 12.0. The zero-order valence-corrected chi connectivity index (χ0v) is 9.61. The highest BCUT2D eigenvalue weighted by Gasteiger charge is 2.31. The van der Waals surface area contributed by atoms with E-state index in [-0.39, 0.29) is 6.04 Å². The maximum Gasteiger partial charge on any atom is 0.142 e. The Morgan fingerprint density at radius 1 is 1.27 bits per heavy atom. The molecule has 1 unspecified atom stereocenters. The molecule has 1 saturated carbocycles. The lowest BCUT2D eigenvalue weighted by molar-refractivity contribution is 0.310. The van der Waals surface area contributed by atoms with Gasteiger partial charge < -0.3 is 10.1 Å². The Hall–Kier alpha value is -0.440. The lowest BCUT2D eigenvalue weighted by Gasteiger charge is -2.10. The molecule has 0 amide bonds. The molecule has 1 aliphatic heterocycles. The van der Waals surface area contributed by atoms with E-state index in [9.17, 15) is 0 Å². The monoisotopic (exact) mass is 243 g/mol. The smallest absolute Gasteiger partial charge is 0.142 e. The zero-order valence-electron chi connectivity index (χ0n) is 8.09. The number of benzene rings is 1. The number of rotatable bonds is 2. The molecule has 1 aromatic carbocycles. The maximum atomic E-state index is 6.06. The lowest BCUT2D eigenvalue weighted by Crippen LogP contribution is -2.24. The topological polar surface area (TPSA) is 21.3 Å². The van der Waals surface area contributed by atoms with Gasteiger partial charge in [0.2, 0.25) is 0 Å². The van der Waals surface area contributed by atoms with Crippen LogP contribution in [0.25, 0.3) is 0 Å². The first-order chi connectivity index (χ1) is 7.24. The molecule has 3 rings (SSSR count). The molecule has 0 aromatic heterocycles. The number of nitrogens with one attached hydrogen (secondary N) is 1. The molecular formula is C11H11Cl2NO. The van der Waals surface area contributed by atoms with Crippen LogP contribution in [0.2, 0.25) is 10.0 Å². The molecule has 4 heteroatoms. The van der Waals surface area contributed by atoms with Crippen molar-refractivity contribution in [1.29, 1.82) is 0 Å². The molecule has 1 fully saturated rings. The average molecular weight is 244 g/mol. The van der Waals surface area contributed by atoms with Crippen LogP contribution in [0.3, 0.4) is 0 Å². The van der Waals surface area contributed by atoms with Crippen LogP contribution in [0.1, 0.15) is 24.4 Å². The summed E-state index contributed by atoms with van der Waals surface area (Å²) in [6.45, 7) is 0.659. The van der Waals surface area contributed by atoms with Gasteiger partial charge in [0.15, 0.2) is 0 Å². The van der Waals surface area contributed by atoms with Gasteiger partial charge in [-0.2, -0.15) is 0 Å². The number of halogens is 2. The Balaban J connectivity index is 1.93. The van der Waals surface area contributed by atoms with Crippen molar-refractivity contribution in [3.05, 3.63) is 27.7 Å². The van der Waals surface area contributed by atoms with Crippen LogP contribution >= 0.6 is 23.2 Å². The van der Waals surface area contributed by atoms with Crippen molar-refractivity contribution in [1.82, 2.24) is 5.32 Å². The van der Waals surface area contributed by atoms with E-state index in [0.717, 1.165) is 11.3 Å². The average Bonchev–Trinajstić information content (AvgIpc) is 2.89. The van der Waals surface area contributed by atoms with Crippen molar-refractivity contribution in [3.8, 4) is 5.75 Å². The minimum absolute atomic E-state index is 0.253. The molecular weight excluding hydrogens is 233 g/mol. The van der Waals surface area contributed by atoms with Crippen LogP contribution in [-0.4, -0.2) is 12.6 Å². The van der Waals surface area contributed by atoms with Gasteiger partial charge >= 0.3 is 0 Å². The molecule has 15 heavy (non-hydrogen) atoms. The summed E-state index contributed by atoms with van der Waals surface area (Å²) in [5.41, 5.74) is 1.10. The van der Waals surface area contributed by atoms with E-state index in [1.54, 1.807) is 6.07 Å². The normalized spacial score (nSPS) is 23.7. The SMILES string of the molecule is Clc1cc(Cl)c2c(c1)C(NC1CC1)CO2. The first-order valence-corrected chi connectivity index (χ1v) is 5.87. The lowest BCUT2D eigenvalue weighted by atomic mass is 10.1. The Morgan fingerprint density at radius 3 is 2.80 bits per heavy atom. The second-order valence-electron chi connectivity index (χ2n) is 4.11. The predicted molar refractivity (Wildman–Crippen MR) is 60.9 cm³/mol.